The summed E-state index contributed by atoms with van der Waals surface area (Å²) in [5.74, 6) is -0.103. The summed E-state index contributed by atoms with van der Waals surface area (Å²) >= 11 is 0. The van der Waals surface area contributed by atoms with Gasteiger partial charge in [0.1, 0.15) is 5.82 Å². The molecule has 0 saturated carbocycles. The van der Waals surface area contributed by atoms with Crippen LogP contribution in [0.15, 0.2) is 67.3 Å². The summed E-state index contributed by atoms with van der Waals surface area (Å²) in [5.41, 5.74) is 3.90. The summed E-state index contributed by atoms with van der Waals surface area (Å²) in [7, 11) is 0. The Bertz CT molecular complexity index is 1180. The number of aromatic nitrogens is 3. The summed E-state index contributed by atoms with van der Waals surface area (Å²) in [6.07, 6.45) is 8.51. The number of amides is 1. The van der Waals surface area contributed by atoms with Gasteiger partial charge < -0.3 is 14.5 Å². The molecule has 2 aromatic heterocycles. The minimum absolute atomic E-state index is 0.161. The summed E-state index contributed by atoms with van der Waals surface area (Å²) in [6, 6.07) is 15.2. The first-order chi connectivity index (χ1) is 15.2. The van der Waals surface area contributed by atoms with Gasteiger partial charge in [0.25, 0.3) is 0 Å². The number of benzene rings is 2. The quantitative estimate of drug-likeness (QED) is 0.500. The number of nitrogens with one attached hydrogen (secondary N) is 1. The van der Waals surface area contributed by atoms with E-state index in [1.165, 1.54) is 6.07 Å². The number of carbonyl (C=O) groups is 1. The monoisotopic (exact) mass is 416 g/mol. The third kappa shape index (κ3) is 3.98. The van der Waals surface area contributed by atoms with Crippen LogP contribution in [0, 0.1) is 5.82 Å². The fraction of sp³-hybridized carbons (Fsp3) is 0.280. The zero-order chi connectivity index (χ0) is 21.2. The summed E-state index contributed by atoms with van der Waals surface area (Å²) in [4.78, 5) is 22.5. The molecule has 0 bridgehead atoms. The Morgan fingerprint density at radius 2 is 1.94 bits per heavy atom. The van der Waals surface area contributed by atoms with Crippen LogP contribution in [-0.4, -0.2) is 38.4 Å². The lowest BCUT2D eigenvalue weighted by Crippen LogP contribution is -2.39. The molecular weight excluding hydrogens is 391 g/mol. The molecule has 6 heteroatoms. The number of halogens is 1. The average Bonchev–Trinajstić information content (AvgIpc) is 3.46. The first-order valence-corrected chi connectivity index (χ1v) is 10.8. The van der Waals surface area contributed by atoms with Crippen molar-refractivity contribution < 1.29 is 9.18 Å². The molecule has 1 amide bonds. The molecule has 2 aromatic carbocycles. The molecule has 0 spiro atoms. The van der Waals surface area contributed by atoms with Gasteiger partial charge in [-0.2, -0.15) is 0 Å². The molecule has 4 aromatic rings. The number of fused-ring (bicyclic) bond motifs is 1. The predicted molar refractivity (Wildman–Crippen MR) is 119 cm³/mol. The van der Waals surface area contributed by atoms with E-state index < -0.39 is 0 Å². The number of nitrogens with zero attached hydrogens (tertiary/aromatic N) is 3. The van der Waals surface area contributed by atoms with Gasteiger partial charge in [-0.1, -0.05) is 30.3 Å². The fourth-order valence-electron chi connectivity index (χ4n) is 4.62. The first-order valence-electron chi connectivity index (χ1n) is 10.8. The number of H-pyrrole nitrogens is 1. The maximum Gasteiger partial charge on any atom is 0.222 e. The molecule has 1 aliphatic rings. The Kier molecular flexibility index (Phi) is 5.28. The van der Waals surface area contributed by atoms with Crippen molar-refractivity contribution in [2.45, 2.75) is 31.7 Å². The molecule has 0 atom stereocenters. The molecule has 0 radical (unpaired) electrons. The highest BCUT2D eigenvalue weighted by molar-refractivity contribution is 5.91. The molecule has 1 fully saturated rings. The number of hydrogen-bond acceptors (Lipinski definition) is 2. The molecular formula is C25H25FN4O. The number of rotatable bonds is 5. The van der Waals surface area contributed by atoms with Crippen LogP contribution in [0.4, 0.5) is 4.39 Å². The number of imidazole rings is 1. The minimum Gasteiger partial charge on any atom is -0.354 e. The highest BCUT2D eigenvalue weighted by Gasteiger charge is 2.24. The minimum atomic E-state index is -0.264. The molecule has 158 valence electrons. The van der Waals surface area contributed by atoms with Crippen LogP contribution in [0.3, 0.4) is 0 Å². The van der Waals surface area contributed by atoms with Gasteiger partial charge in [0.15, 0.2) is 0 Å². The number of likely N-dealkylation sites (tertiary alicyclic amines) is 1. The van der Waals surface area contributed by atoms with Crippen molar-refractivity contribution in [2.75, 3.05) is 13.1 Å². The van der Waals surface area contributed by atoms with E-state index >= 15 is 0 Å². The van der Waals surface area contributed by atoms with Crippen LogP contribution in [0.5, 0.6) is 0 Å². The van der Waals surface area contributed by atoms with Gasteiger partial charge in [0, 0.05) is 54.5 Å². The third-order valence-corrected chi connectivity index (χ3v) is 6.28. The molecule has 0 aliphatic carbocycles. The van der Waals surface area contributed by atoms with Crippen LogP contribution < -0.4 is 0 Å². The lowest BCUT2D eigenvalue weighted by Gasteiger charge is -2.32. The molecule has 1 saturated heterocycles. The maximum absolute atomic E-state index is 14.0. The van der Waals surface area contributed by atoms with Crippen molar-refractivity contribution in [1.29, 1.82) is 0 Å². The van der Waals surface area contributed by atoms with Gasteiger partial charge >= 0.3 is 0 Å². The third-order valence-electron chi connectivity index (χ3n) is 6.28. The van der Waals surface area contributed by atoms with Crippen molar-refractivity contribution in [3.05, 3.63) is 78.6 Å². The van der Waals surface area contributed by atoms with E-state index in [0.717, 1.165) is 53.7 Å². The van der Waals surface area contributed by atoms with Crippen LogP contribution in [0.2, 0.25) is 0 Å². The predicted octanol–water partition coefficient (Wildman–Crippen LogP) is 4.97. The van der Waals surface area contributed by atoms with Gasteiger partial charge in [0.2, 0.25) is 5.91 Å². The van der Waals surface area contributed by atoms with E-state index in [1.807, 2.05) is 47.8 Å². The second kappa shape index (κ2) is 8.38. The van der Waals surface area contributed by atoms with Gasteiger partial charge in [-0.05, 0) is 48.6 Å². The fourth-order valence-corrected chi connectivity index (χ4v) is 4.62. The zero-order valence-corrected chi connectivity index (χ0v) is 17.3. The topological polar surface area (TPSA) is 53.9 Å². The lowest BCUT2D eigenvalue weighted by molar-refractivity contribution is -0.132. The van der Waals surface area contributed by atoms with Gasteiger partial charge in [-0.3, -0.25) is 4.79 Å². The Labute approximate surface area is 180 Å². The Balaban J connectivity index is 1.32. The van der Waals surface area contributed by atoms with E-state index in [-0.39, 0.29) is 11.7 Å². The molecule has 3 heterocycles. The second-order valence-corrected chi connectivity index (χ2v) is 8.16. The average molecular weight is 417 g/mol. The van der Waals surface area contributed by atoms with E-state index in [1.54, 1.807) is 18.3 Å². The zero-order valence-electron chi connectivity index (χ0n) is 17.3. The lowest BCUT2D eigenvalue weighted by atomic mass is 10.00. The standard InChI is InChI=1S/C25H25FN4O/c26-19-6-8-23-22(16-19)21(25(28-23)18-4-2-1-3-5-18)7-9-24(31)29-13-10-20(11-14-29)30-15-12-27-17-30/h1-6,8,12,15-17,20,28H,7,9-11,13-14H2. The second-order valence-electron chi connectivity index (χ2n) is 8.16. The molecule has 1 aliphatic heterocycles. The summed E-state index contributed by atoms with van der Waals surface area (Å²) < 4.78 is 16.1. The summed E-state index contributed by atoms with van der Waals surface area (Å²) in [6.45, 7) is 1.52. The molecule has 0 unspecified atom stereocenters. The van der Waals surface area contributed by atoms with E-state index in [2.05, 4.69) is 14.5 Å². The van der Waals surface area contributed by atoms with Gasteiger partial charge in [-0.25, -0.2) is 9.37 Å². The van der Waals surface area contributed by atoms with Crippen LogP contribution >= 0.6 is 0 Å². The Hall–Kier alpha value is -3.41. The maximum atomic E-state index is 14.0. The SMILES string of the molecule is O=C(CCc1c(-c2ccccc2)[nH]c2ccc(F)cc12)N1CCC(n2ccnc2)CC1. The smallest absolute Gasteiger partial charge is 0.222 e. The van der Waals surface area contributed by atoms with Gasteiger partial charge in [-0.15, -0.1) is 0 Å². The van der Waals surface area contributed by atoms with Crippen molar-refractivity contribution in [3.8, 4) is 11.3 Å². The van der Waals surface area contributed by atoms with Crippen LogP contribution in [0.1, 0.15) is 30.9 Å². The molecule has 5 nitrogen and oxygen atoms in total. The highest BCUT2D eigenvalue weighted by atomic mass is 19.1. The van der Waals surface area contributed by atoms with Crippen LogP contribution in [-0.2, 0) is 11.2 Å². The normalized spacial score (nSPS) is 14.9. The van der Waals surface area contributed by atoms with Crippen LogP contribution in [0.25, 0.3) is 22.2 Å². The highest BCUT2D eigenvalue weighted by Crippen LogP contribution is 2.32. The number of aryl methyl sites for hydroxylation is 1. The number of hydrogen-bond donors (Lipinski definition) is 1. The number of aromatic amines is 1. The summed E-state index contributed by atoms with van der Waals surface area (Å²) in [5, 5.41) is 0.852. The van der Waals surface area contributed by atoms with Crippen molar-refractivity contribution in [3.63, 3.8) is 0 Å². The van der Waals surface area contributed by atoms with E-state index in [9.17, 15) is 9.18 Å². The Morgan fingerprint density at radius 3 is 2.68 bits per heavy atom. The first kappa shape index (κ1) is 19.5. The van der Waals surface area contributed by atoms with E-state index in [0.29, 0.717) is 18.9 Å². The number of piperidine rings is 1. The number of carbonyl (C=O) groups excluding carboxylic acids is 1. The van der Waals surface area contributed by atoms with Crippen molar-refractivity contribution in [2.24, 2.45) is 0 Å². The Morgan fingerprint density at radius 1 is 1.13 bits per heavy atom. The van der Waals surface area contributed by atoms with Crippen molar-refractivity contribution in [1.82, 2.24) is 19.4 Å². The van der Waals surface area contributed by atoms with Gasteiger partial charge in [0.05, 0.1) is 6.33 Å². The largest absolute Gasteiger partial charge is 0.354 e. The van der Waals surface area contributed by atoms with Crippen molar-refractivity contribution >= 4 is 16.8 Å². The molecule has 1 N–H and O–H groups in total. The van der Waals surface area contributed by atoms with E-state index in [4.69, 9.17) is 0 Å². The molecule has 31 heavy (non-hydrogen) atoms. The molecule has 5 rings (SSSR count).